The maximum atomic E-state index is 13.7. The second kappa shape index (κ2) is 5.61. The smallest absolute Gasteiger partial charge is 0.259 e. The number of halogens is 2. The summed E-state index contributed by atoms with van der Waals surface area (Å²) < 4.78 is 19.2. The number of para-hydroxylation sites is 1. The lowest BCUT2D eigenvalue weighted by atomic mass is 10.1. The van der Waals surface area contributed by atoms with Gasteiger partial charge in [0.2, 0.25) is 0 Å². The summed E-state index contributed by atoms with van der Waals surface area (Å²) >= 11 is 5.81. The van der Waals surface area contributed by atoms with Gasteiger partial charge >= 0.3 is 0 Å². The van der Waals surface area contributed by atoms with Crippen molar-refractivity contribution in [2.24, 2.45) is 0 Å². The average Bonchev–Trinajstić information content (AvgIpc) is 2.50. The molecular weight excluding hydrogens is 295 g/mol. The number of fused-ring (bicyclic) bond motifs is 1. The maximum absolute atomic E-state index is 13.7. The van der Waals surface area contributed by atoms with Crippen molar-refractivity contribution in [3.8, 4) is 5.75 Å². The number of nitrogens with one attached hydrogen (secondary N) is 2. The molecule has 108 valence electrons. The van der Waals surface area contributed by atoms with Gasteiger partial charge in [-0.25, -0.2) is 4.39 Å². The molecule has 4 nitrogen and oxygen atoms in total. The van der Waals surface area contributed by atoms with Gasteiger partial charge in [-0.3, -0.25) is 4.79 Å². The molecule has 21 heavy (non-hydrogen) atoms. The zero-order valence-corrected chi connectivity index (χ0v) is 11.7. The number of amides is 1. The Hall–Kier alpha value is -2.27. The van der Waals surface area contributed by atoms with Gasteiger partial charge in [0, 0.05) is 11.6 Å². The fourth-order valence-electron chi connectivity index (χ4n) is 2.13. The van der Waals surface area contributed by atoms with Crippen LogP contribution < -0.4 is 15.4 Å². The van der Waals surface area contributed by atoms with Gasteiger partial charge in [-0.1, -0.05) is 17.7 Å². The monoisotopic (exact) mass is 306 g/mol. The van der Waals surface area contributed by atoms with Crippen LogP contribution in [0.2, 0.25) is 5.02 Å². The first kappa shape index (κ1) is 13.7. The lowest BCUT2D eigenvalue weighted by Crippen LogP contribution is -2.22. The first-order valence-corrected chi connectivity index (χ1v) is 6.79. The highest BCUT2D eigenvalue weighted by molar-refractivity contribution is 6.31. The lowest BCUT2D eigenvalue weighted by molar-refractivity contribution is 0.102. The molecule has 6 heteroatoms. The second-order valence-corrected chi connectivity index (χ2v) is 4.97. The van der Waals surface area contributed by atoms with E-state index in [0.29, 0.717) is 29.5 Å². The Morgan fingerprint density at radius 1 is 1.33 bits per heavy atom. The molecule has 0 fully saturated rings. The Morgan fingerprint density at radius 2 is 2.19 bits per heavy atom. The van der Waals surface area contributed by atoms with Crippen LogP contribution in [-0.4, -0.2) is 19.1 Å². The molecule has 0 saturated carbocycles. The summed E-state index contributed by atoms with van der Waals surface area (Å²) in [6.45, 7) is 1.16. The van der Waals surface area contributed by atoms with Crippen LogP contribution in [0, 0.1) is 5.82 Å². The number of rotatable bonds is 2. The van der Waals surface area contributed by atoms with Gasteiger partial charge in [0.25, 0.3) is 5.91 Å². The molecule has 0 bridgehead atoms. The summed E-state index contributed by atoms with van der Waals surface area (Å²) in [6.07, 6.45) is 0. The Kier molecular flexibility index (Phi) is 3.66. The lowest BCUT2D eigenvalue weighted by Gasteiger charge is -2.21. The van der Waals surface area contributed by atoms with E-state index in [1.54, 1.807) is 12.1 Å². The van der Waals surface area contributed by atoms with Gasteiger partial charge in [0.1, 0.15) is 12.4 Å². The van der Waals surface area contributed by atoms with Crippen LogP contribution in [0.3, 0.4) is 0 Å². The number of carbonyl (C=O) groups excluding carboxylic acids is 1. The van der Waals surface area contributed by atoms with E-state index < -0.39 is 11.7 Å². The molecule has 0 atom stereocenters. The van der Waals surface area contributed by atoms with Crippen molar-refractivity contribution in [3.05, 3.63) is 52.8 Å². The number of anilines is 2. The van der Waals surface area contributed by atoms with Crippen molar-refractivity contribution in [2.75, 3.05) is 23.8 Å². The highest BCUT2D eigenvalue weighted by atomic mass is 35.5. The molecule has 0 saturated heterocycles. The summed E-state index contributed by atoms with van der Waals surface area (Å²) in [5, 5.41) is 6.00. The summed E-state index contributed by atoms with van der Waals surface area (Å²) in [5.74, 6) is -0.517. The van der Waals surface area contributed by atoms with E-state index in [1.807, 2.05) is 6.07 Å². The van der Waals surface area contributed by atoms with Crippen molar-refractivity contribution < 1.29 is 13.9 Å². The summed E-state index contributed by atoms with van der Waals surface area (Å²) in [7, 11) is 0. The summed E-state index contributed by atoms with van der Waals surface area (Å²) in [4.78, 5) is 12.3. The van der Waals surface area contributed by atoms with Crippen molar-refractivity contribution in [2.45, 2.75) is 0 Å². The van der Waals surface area contributed by atoms with E-state index in [1.165, 1.54) is 18.2 Å². The van der Waals surface area contributed by atoms with Gasteiger partial charge in [0.15, 0.2) is 5.75 Å². The van der Waals surface area contributed by atoms with Gasteiger partial charge in [-0.2, -0.15) is 0 Å². The summed E-state index contributed by atoms with van der Waals surface area (Å²) in [6, 6.07) is 9.18. The first-order chi connectivity index (χ1) is 10.1. The van der Waals surface area contributed by atoms with Crippen LogP contribution in [0.5, 0.6) is 5.75 Å². The fraction of sp³-hybridized carbons (Fsp3) is 0.133. The van der Waals surface area contributed by atoms with E-state index in [9.17, 15) is 9.18 Å². The van der Waals surface area contributed by atoms with Gasteiger partial charge < -0.3 is 15.4 Å². The minimum absolute atomic E-state index is 0.0360. The summed E-state index contributed by atoms with van der Waals surface area (Å²) in [5.41, 5.74) is 1.13. The molecule has 0 aliphatic carbocycles. The minimum Gasteiger partial charge on any atom is -0.489 e. The number of hydrogen-bond acceptors (Lipinski definition) is 3. The molecular formula is C15H12ClFN2O2. The quantitative estimate of drug-likeness (QED) is 0.892. The van der Waals surface area contributed by atoms with E-state index in [4.69, 9.17) is 16.3 Å². The molecule has 3 rings (SSSR count). The van der Waals surface area contributed by atoms with Crippen LogP contribution in [0.15, 0.2) is 36.4 Å². The van der Waals surface area contributed by atoms with Crippen molar-refractivity contribution in [1.29, 1.82) is 0 Å². The highest BCUT2D eigenvalue weighted by Gasteiger charge is 2.19. The number of carbonyl (C=O) groups is 1. The molecule has 2 N–H and O–H groups in total. The topological polar surface area (TPSA) is 50.4 Å². The van der Waals surface area contributed by atoms with Crippen LogP contribution in [0.25, 0.3) is 0 Å². The van der Waals surface area contributed by atoms with E-state index in [-0.39, 0.29) is 5.69 Å². The SMILES string of the molecule is O=C(Nc1cc(Cl)ccc1F)c1cccc2c1OCCN2. The third-order valence-electron chi connectivity index (χ3n) is 3.10. The van der Waals surface area contributed by atoms with E-state index >= 15 is 0 Å². The zero-order chi connectivity index (χ0) is 14.8. The van der Waals surface area contributed by atoms with Crippen LogP contribution >= 0.6 is 11.6 Å². The molecule has 2 aromatic rings. The molecule has 0 aromatic heterocycles. The third-order valence-corrected chi connectivity index (χ3v) is 3.34. The Bertz CT molecular complexity index is 706. The zero-order valence-electron chi connectivity index (χ0n) is 11.0. The Morgan fingerprint density at radius 3 is 3.05 bits per heavy atom. The molecule has 1 aliphatic rings. The van der Waals surface area contributed by atoms with Crippen molar-refractivity contribution in [3.63, 3.8) is 0 Å². The molecule has 0 unspecified atom stereocenters. The van der Waals surface area contributed by atoms with Crippen molar-refractivity contribution >= 4 is 28.9 Å². The maximum Gasteiger partial charge on any atom is 0.259 e. The standard InChI is InChI=1S/C15H12ClFN2O2/c16-9-4-5-11(17)13(8-9)19-15(20)10-2-1-3-12-14(10)21-7-6-18-12/h1-5,8,18H,6-7H2,(H,19,20). The highest BCUT2D eigenvalue weighted by Crippen LogP contribution is 2.32. The third kappa shape index (κ3) is 2.78. The number of benzene rings is 2. The molecule has 1 aliphatic heterocycles. The van der Waals surface area contributed by atoms with Gasteiger partial charge in [0.05, 0.1) is 16.9 Å². The predicted molar refractivity (Wildman–Crippen MR) is 79.8 cm³/mol. The largest absolute Gasteiger partial charge is 0.489 e. The van der Waals surface area contributed by atoms with E-state index in [0.717, 1.165) is 5.69 Å². The number of ether oxygens (including phenoxy) is 1. The molecule has 2 aromatic carbocycles. The van der Waals surface area contributed by atoms with Gasteiger partial charge in [-0.05, 0) is 30.3 Å². The Labute approximate surface area is 125 Å². The predicted octanol–water partition coefficient (Wildman–Crippen LogP) is 3.54. The first-order valence-electron chi connectivity index (χ1n) is 6.41. The molecule has 1 heterocycles. The van der Waals surface area contributed by atoms with Crippen LogP contribution in [0.4, 0.5) is 15.8 Å². The second-order valence-electron chi connectivity index (χ2n) is 4.54. The number of hydrogen-bond donors (Lipinski definition) is 2. The van der Waals surface area contributed by atoms with Gasteiger partial charge in [-0.15, -0.1) is 0 Å². The van der Waals surface area contributed by atoms with Crippen LogP contribution in [-0.2, 0) is 0 Å². The van der Waals surface area contributed by atoms with Crippen molar-refractivity contribution in [1.82, 2.24) is 0 Å². The van der Waals surface area contributed by atoms with E-state index in [2.05, 4.69) is 10.6 Å². The van der Waals surface area contributed by atoms with Crippen LogP contribution in [0.1, 0.15) is 10.4 Å². The average molecular weight is 307 g/mol. The Balaban J connectivity index is 1.91. The minimum atomic E-state index is -0.545. The molecule has 0 radical (unpaired) electrons. The molecule has 1 amide bonds. The normalized spacial score (nSPS) is 12.9. The fourth-order valence-corrected chi connectivity index (χ4v) is 2.30. The molecule has 0 spiro atoms.